The first kappa shape index (κ1) is 13.4. The second-order valence-corrected chi connectivity index (χ2v) is 6.41. The van der Waals surface area contributed by atoms with E-state index in [1.807, 2.05) is 13.2 Å². The maximum absolute atomic E-state index is 5.30. The van der Waals surface area contributed by atoms with E-state index < -0.39 is 0 Å². The zero-order valence-electron chi connectivity index (χ0n) is 10.8. The van der Waals surface area contributed by atoms with E-state index in [2.05, 4.69) is 51.8 Å². The van der Waals surface area contributed by atoms with E-state index >= 15 is 0 Å². The lowest BCUT2D eigenvalue weighted by Gasteiger charge is -2.21. The van der Waals surface area contributed by atoms with Crippen molar-refractivity contribution in [2.24, 2.45) is 7.05 Å². The molecule has 2 rings (SSSR count). The van der Waals surface area contributed by atoms with E-state index in [1.54, 1.807) is 10.9 Å². The summed E-state index contributed by atoms with van der Waals surface area (Å²) in [5.41, 5.74) is 1.94. The van der Waals surface area contributed by atoms with Crippen molar-refractivity contribution in [3.63, 3.8) is 0 Å². The molecule has 0 saturated heterocycles. The summed E-state index contributed by atoms with van der Waals surface area (Å²) in [6.07, 6.45) is 3.68. The van der Waals surface area contributed by atoms with Crippen molar-refractivity contribution in [1.29, 1.82) is 0 Å². The van der Waals surface area contributed by atoms with Crippen molar-refractivity contribution in [3.8, 4) is 11.4 Å². The zero-order chi connectivity index (χ0) is 13.5. The van der Waals surface area contributed by atoms with Crippen molar-refractivity contribution in [3.05, 3.63) is 27.2 Å². The van der Waals surface area contributed by atoms with Crippen LogP contribution in [-0.2, 0) is 12.5 Å². The fourth-order valence-electron chi connectivity index (χ4n) is 1.66. The van der Waals surface area contributed by atoms with E-state index in [0.717, 1.165) is 21.6 Å². The fraction of sp³-hybridized carbons (Fsp3) is 0.417. The highest BCUT2D eigenvalue weighted by Crippen LogP contribution is 2.30. The summed E-state index contributed by atoms with van der Waals surface area (Å²) in [6, 6.07) is 0. The average molecular weight is 327 g/mol. The van der Waals surface area contributed by atoms with E-state index in [-0.39, 0.29) is 5.41 Å². The number of aromatic nitrogens is 4. The molecule has 18 heavy (non-hydrogen) atoms. The predicted octanol–water partition coefficient (Wildman–Crippen LogP) is 3.60. The third-order valence-corrected chi connectivity index (χ3v) is 3.92. The Labute approximate surface area is 120 Å². The van der Waals surface area contributed by atoms with Gasteiger partial charge in [-0.15, -0.1) is 0 Å². The molecule has 0 spiro atoms. The molecule has 0 amide bonds. The van der Waals surface area contributed by atoms with Crippen molar-refractivity contribution in [1.82, 2.24) is 19.7 Å². The van der Waals surface area contributed by atoms with Gasteiger partial charge in [-0.05, 0) is 15.9 Å². The van der Waals surface area contributed by atoms with Crippen molar-refractivity contribution in [2.45, 2.75) is 26.2 Å². The van der Waals surface area contributed by atoms with Crippen LogP contribution in [0.25, 0.3) is 11.4 Å². The van der Waals surface area contributed by atoms with Crippen LogP contribution in [0.4, 0.5) is 0 Å². The summed E-state index contributed by atoms with van der Waals surface area (Å²) >= 11 is 8.81. The number of nitrogens with one attached hydrogen (secondary N) is 1. The van der Waals surface area contributed by atoms with Gasteiger partial charge >= 0.3 is 0 Å². The molecule has 0 radical (unpaired) electrons. The summed E-state index contributed by atoms with van der Waals surface area (Å²) in [5.74, 6) is 0.751. The van der Waals surface area contributed by atoms with Gasteiger partial charge in [0.25, 0.3) is 0 Å². The molecule has 0 aromatic carbocycles. The molecule has 0 atom stereocenters. The molecule has 2 heterocycles. The summed E-state index contributed by atoms with van der Waals surface area (Å²) in [6.45, 7) is 6.39. The number of hydrogen-bond acceptors (Lipinski definition) is 3. The minimum Gasteiger partial charge on any atom is -0.342 e. The van der Waals surface area contributed by atoms with Crippen LogP contribution < -0.4 is 0 Å². The average Bonchev–Trinajstić information content (AvgIpc) is 2.67. The third kappa shape index (κ3) is 2.54. The maximum atomic E-state index is 5.30. The molecule has 0 aliphatic rings. The van der Waals surface area contributed by atoms with Crippen LogP contribution in [0.1, 0.15) is 26.5 Å². The number of aromatic amines is 1. The SMILES string of the molecule is Cn1cc(-c2nc(=S)c(Br)c(C(C)(C)C)[nH]2)cn1. The Morgan fingerprint density at radius 3 is 2.56 bits per heavy atom. The van der Waals surface area contributed by atoms with Gasteiger partial charge in [-0.3, -0.25) is 4.68 Å². The highest BCUT2D eigenvalue weighted by molar-refractivity contribution is 9.10. The first-order valence-electron chi connectivity index (χ1n) is 5.58. The van der Waals surface area contributed by atoms with Gasteiger partial charge in [-0.25, -0.2) is 4.98 Å². The van der Waals surface area contributed by atoms with E-state index in [9.17, 15) is 0 Å². The maximum Gasteiger partial charge on any atom is 0.144 e. The minimum absolute atomic E-state index is 0.0354. The zero-order valence-corrected chi connectivity index (χ0v) is 13.2. The summed E-state index contributed by atoms with van der Waals surface area (Å²) < 4.78 is 3.17. The first-order chi connectivity index (χ1) is 8.29. The van der Waals surface area contributed by atoms with Crippen LogP contribution >= 0.6 is 28.1 Å². The van der Waals surface area contributed by atoms with Gasteiger partial charge in [0.1, 0.15) is 10.5 Å². The Bertz CT molecular complexity index is 636. The normalized spacial score (nSPS) is 11.8. The van der Waals surface area contributed by atoms with Crippen molar-refractivity contribution < 1.29 is 0 Å². The van der Waals surface area contributed by atoms with Crippen LogP contribution in [0.2, 0.25) is 0 Å². The van der Waals surface area contributed by atoms with Crippen molar-refractivity contribution in [2.75, 3.05) is 0 Å². The molecule has 96 valence electrons. The molecule has 6 heteroatoms. The number of aryl methyl sites for hydroxylation is 1. The lowest BCUT2D eigenvalue weighted by molar-refractivity contribution is 0.563. The van der Waals surface area contributed by atoms with Gasteiger partial charge in [-0.1, -0.05) is 33.0 Å². The third-order valence-electron chi connectivity index (χ3n) is 2.59. The Morgan fingerprint density at radius 1 is 1.39 bits per heavy atom. The Morgan fingerprint density at radius 2 is 2.06 bits per heavy atom. The standard InChI is InChI=1S/C12H15BrN4S/c1-12(2,3)9-8(13)11(18)16-10(15-9)7-5-14-17(4)6-7/h5-6H,1-4H3,(H,15,16,18). The van der Waals surface area contributed by atoms with Crippen LogP contribution in [0.15, 0.2) is 16.9 Å². The Hall–Kier alpha value is -1.01. The number of rotatable bonds is 1. The monoisotopic (exact) mass is 326 g/mol. The van der Waals surface area contributed by atoms with Crippen LogP contribution in [0.3, 0.4) is 0 Å². The van der Waals surface area contributed by atoms with Gasteiger partial charge in [0.05, 0.1) is 16.2 Å². The summed E-state index contributed by atoms with van der Waals surface area (Å²) in [4.78, 5) is 7.73. The van der Waals surface area contributed by atoms with Crippen LogP contribution in [-0.4, -0.2) is 19.7 Å². The van der Waals surface area contributed by atoms with E-state index in [1.165, 1.54) is 0 Å². The van der Waals surface area contributed by atoms with Gasteiger partial charge in [0.15, 0.2) is 0 Å². The van der Waals surface area contributed by atoms with Crippen LogP contribution in [0, 0.1) is 4.64 Å². The second kappa shape index (κ2) is 4.59. The summed E-state index contributed by atoms with van der Waals surface area (Å²) in [5, 5.41) is 4.15. The molecule has 0 unspecified atom stereocenters. The lowest BCUT2D eigenvalue weighted by atomic mass is 9.92. The molecule has 2 aromatic heterocycles. The van der Waals surface area contributed by atoms with Gasteiger partial charge in [0, 0.05) is 24.4 Å². The molecule has 1 N–H and O–H groups in total. The van der Waals surface area contributed by atoms with E-state index in [0.29, 0.717) is 4.64 Å². The lowest BCUT2D eigenvalue weighted by Crippen LogP contribution is -2.16. The molecule has 0 aliphatic carbocycles. The van der Waals surface area contributed by atoms with Gasteiger partial charge < -0.3 is 4.98 Å². The molecule has 0 fully saturated rings. The molecule has 2 aromatic rings. The highest BCUT2D eigenvalue weighted by atomic mass is 79.9. The first-order valence-corrected chi connectivity index (χ1v) is 6.78. The van der Waals surface area contributed by atoms with Gasteiger partial charge in [0.2, 0.25) is 0 Å². The molecule has 0 aliphatic heterocycles. The Balaban J connectivity index is 2.65. The minimum atomic E-state index is -0.0354. The predicted molar refractivity (Wildman–Crippen MR) is 78.0 cm³/mol. The number of H-pyrrole nitrogens is 1. The van der Waals surface area contributed by atoms with Crippen molar-refractivity contribution >= 4 is 28.1 Å². The number of hydrogen-bond donors (Lipinski definition) is 1. The molecular weight excluding hydrogens is 312 g/mol. The summed E-state index contributed by atoms with van der Waals surface area (Å²) in [7, 11) is 1.88. The fourth-order valence-corrected chi connectivity index (χ4v) is 2.63. The molecule has 0 saturated carbocycles. The quantitative estimate of drug-likeness (QED) is 0.814. The molecular formula is C12H15BrN4S. The number of halogens is 1. The Kier molecular flexibility index (Phi) is 3.42. The van der Waals surface area contributed by atoms with E-state index in [4.69, 9.17) is 12.2 Å². The highest BCUT2D eigenvalue weighted by Gasteiger charge is 2.20. The van der Waals surface area contributed by atoms with Crippen LogP contribution in [0.5, 0.6) is 0 Å². The van der Waals surface area contributed by atoms with Gasteiger partial charge in [-0.2, -0.15) is 5.10 Å². The number of nitrogens with zero attached hydrogens (tertiary/aromatic N) is 3. The topological polar surface area (TPSA) is 46.5 Å². The molecule has 4 nitrogen and oxygen atoms in total. The largest absolute Gasteiger partial charge is 0.342 e. The molecule has 0 bridgehead atoms. The second-order valence-electron chi connectivity index (χ2n) is 5.23. The smallest absolute Gasteiger partial charge is 0.144 e.